The van der Waals surface area contributed by atoms with Crippen molar-refractivity contribution in [1.29, 1.82) is 0 Å². The number of amides is 4. The van der Waals surface area contributed by atoms with Crippen LogP contribution in [0.5, 0.6) is 5.75 Å². The number of benzene rings is 4. The van der Waals surface area contributed by atoms with E-state index in [-0.39, 0.29) is 19.1 Å². The molecule has 4 aromatic rings. The normalized spacial score (nSPS) is 20.9. The molecule has 1 saturated heterocycles. The van der Waals surface area contributed by atoms with E-state index in [1.54, 1.807) is 11.8 Å². The molecule has 2 aliphatic rings. The summed E-state index contributed by atoms with van der Waals surface area (Å²) in [5.74, 6) is -0.240. The third kappa shape index (κ3) is 3.71. The fourth-order valence-electron chi connectivity index (χ4n) is 5.31. The number of hydrogen-bond acceptors (Lipinski definition) is 4. The molecule has 6 rings (SSSR count). The molecule has 1 fully saturated rings. The average Bonchev–Trinajstić information content (AvgIpc) is 3.16. The fourth-order valence-corrected chi connectivity index (χ4v) is 5.31. The molecule has 0 spiro atoms. The molecule has 0 bridgehead atoms. The topological polar surface area (TPSA) is 79.0 Å². The number of anilines is 1. The molecule has 0 radical (unpaired) electrons. The highest BCUT2D eigenvalue weighted by Gasteiger charge is 2.50. The van der Waals surface area contributed by atoms with Gasteiger partial charge in [-0.1, -0.05) is 84.9 Å². The van der Waals surface area contributed by atoms with Gasteiger partial charge in [0.25, 0.3) is 5.91 Å². The van der Waals surface area contributed by atoms with Crippen LogP contribution in [0, 0.1) is 0 Å². The van der Waals surface area contributed by atoms with Crippen LogP contribution in [0.3, 0.4) is 0 Å². The molecule has 0 unspecified atom stereocenters. The first-order chi connectivity index (χ1) is 18.0. The zero-order chi connectivity index (χ0) is 25.6. The maximum atomic E-state index is 13.8. The largest absolute Gasteiger partial charge is 0.489 e. The summed E-state index contributed by atoms with van der Waals surface area (Å²) in [6, 6.07) is 29.3. The Morgan fingerprint density at radius 2 is 1.62 bits per heavy atom. The van der Waals surface area contributed by atoms with Gasteiger partial charge in [-0.25, -0.2) is 4.79 Å². The summed E-state index contributed by atoms with van der Waals surface area (Å²) in [5, 5.41) is 4.69. The lowest BCUT2D eigenvalue weighted by molar-refractivity contribution is -0.134. The second-order valence-corrected chi connectivity index (χ2v) is 9.44. The van der Waals surface area contributed by atoms with Crippen LogP contribution in [0.1, 0.15) is 24.1 Å². The molecular formula is C30H25N3O4. The molecular weight excluding hydrogens is 466 g/mol. The van der Waals surface area contributed by atoms with Gasteiger partial charge in [-0.2, -0.15) is 0 Å². The number of carbonyl (C=O) groups excluding carboxylic acids is 3. The zero-order valence-electron chi connectivity index (χ0n) is 20.3. The Labute approximate surface area is 214 Å². The average molecular weight is 492 g/mol. The van der Waals surface area contributed by atoms with Gasteiger partial charge < -0.3 is 10.1 Å². The molecule has 7 nitrogen and oxygen atoms in total. The van der Waals surface area contributed by atoms with Crippen LogP contribution in [0.4, 0.5) is 10.5 Å². The van der Waals surface area contributed by atoms with Gasteiger partial charge in [0.15, 0.2) is 0 Å². The number of para-hydroxylation sites is 2. The van der Waals surface area contributed by atoms with Gasteiger partial charge in [0.05, 0.1) is 11.7 Å². The summed E-state index contributed by atoms with van der Waals surface area (Å²) in [6.45, 7) is 1.57. The third-order valence-corrected chi connectivity index (χ3v) is 7.18. The van der Waals surface area contributed by atoms with E-state index in [0.717, 1.165) is 21.2 Å². The summed E-state index contributed by atoms with van der Waals surface area (Å²) < 4.78 is 5.96. The van der Waals surface area contributed by atoms with E-state index >= 15 is 0 Å². The number of urea groups is 1. The van der Waals surface area contributed by atoms with Crippen molar-refractivity contribution >= 4 is 34.3 Å². The maximum absolute atomic E-state index is 13.8. The van der Waals surface area contributed by atoms with Gasteiger partial charge in [-0.05, 0) is 41.0 Å². The third-order valence-electron chi connectivity index (χ3n) is 7.18. The second kappa shape index (κ2) is 8.78. The SMILES string of the molecule is C[C@@]1(c2cccc3ccccc23)NC(=O)N(CC(=O)N2c3ccccc3OC[C@@H]2c2ccccc2)C1=O. The molecule has 2 heterocycles. The quantitative estimate of drug-likeness (QED) is 0.417. The summed E-state index contributed by atoms with van der Waals surface area (Å²) in [6.07, 6.45) is 0. The molecule has 0 aliphatic carbocycles. The number of nitrogens with zero attached hydrogens (tertiary/aromatic N) is 2. The Kier molecular flexibility index (Phi) is 5.41. The highest BCUT2D eigenvalue weighted by Crippen LogP contribution is 2.40. The fraction of sp³-hybridized carbons (Fsp3) is 0.167. The van der Waals surface area contributed by atoms with Crippen LogP contribution in [0.25, 0.3) is 10.8 Å². The molecule has 37 heavy (non-hydrogen) atoms. The van der Waals surface area contributed by atoms with E-state index in [0.29, 0.717) is 17.0 Å². The summed E-state index contributed by atoms with van der Waals surface area (Å²) in [7, 11) is 0. The first-order valence-corrected chi connectivity index (χ1v) is 12.2. The number of rotatable bonds is 4. The highest BCUT2D eigenvalue weighted by atomic mass is 16.5. The minimum atomic E-state index is -1.29. The summed E-state index contributed by atoms with van der Waals surface area (Å²) in [4.78, 5) is 43.4. The molecule has 2 atom stereocenters. The number of ether oxygens (including phenoxy) is 1. The van der Waals surface area contributed by atoms with E-state index in [2.05, 4.69) is 5.32 Å². The zero-order valence-corrected chi connectivity index (χ0v) is 20.3. The van der Waals surface area contributed by atoms with Crippen molar-refractivity contribution in [2.24, 2.45) is 0 Å². The number of carbonyl (C=O) groups is 3. The Hall–Kier alpha value is -4.65. The van der Waals surface area contributed by atoms with Crippen LogP contribution in [-0.2, 0) is 15.1 Å². The van der Waals surface area contributed by atoms with Crippen LogP contribution in [0.15, 0.2) is 97.1 Å². The predicted molar refractivity (Wildman–Crippen MR) is 140 cm³/mol. The molecule has 184 valence electrons. The Morgan fingerprint density at radius 1 is 0.919 bits per heavy atom. The Bertz CT molecular complexity index is 1530. The van der Waals surface area contributed by atoms with Crippen molar-refractivity contribution in [3.05, 3.63) is 108 Å². The van der Waals surface area contributed by atoms with Crippen LogP contribution in [0.2, 0.25) is 0 Å². The molecule has 1 N–H and O–H groups in total. The van der Waals surface area contributed by atoms with Gasteiger partial charge in [-0.15, -0.1) is 0 Å². The molecule has 7 heteroatoms. The second-order valence-electron chi connectivity index (χ2n) is 9.44. The molecule has 2 aliphatic heterocycles. The highest BCUT2D eigenvalue weighted by molar-refractivity contribution is 6.12. The molecule has 0 saturated carbocycles. The van der Waals surface area contributed by atoms with Crippen molar-refractivity contribution in [1.82, 2.24) is 10.2 Å². The number of nitrogens with one attached hydrogen (secondary N) is 1. The van der Waals surface area contributed by atoms with Gasteiger partial charge in [0, 0.05) is 0 Å². The monoisotopic (exact) mass is 491 g/mol. The number of imide groups is 1. The van der Waals surface area contributed by atoms with Crippen molar-refractivity contribution in [3.8, 4) is 5.75 Å². The van der Waals surface area contributed by atoms with Gasteiger partial charge in [0.1, 0.15) is 24.4 Å². The molecule has 0 aromatic heterocycles. The van der Waals surface area contributed by atoms with Crippen LogP contribution < -0.4 is 15.0 Å². The first-order valence-electron chi connectivity index (χ1n) is 12.2. The van der Waals surface area contributed by atoms with Gasteiger partial charge in [0.2, 0.25) is 5.91 Å². The molecule has 4 aromatic carbocycles. The maximum Gasteiger partial charge on any atom is 0.325 e. The Balaban J connectivity index is 1.34. The van der Waals surface area contributed by atoms with E-state index in [4.69, 9.17) is 4.74 Å². The van der Waals surface area contributed by atoms with Crippen molar-refractivity contribution in [2.75, 3.05) is 18.1 Å². The van der Waals surface area contributed by atoms with E-state index < -0.39 is 23.5 Å². The van der Waals surface area contributed by atoms with E-state index in [1.807, 2.05) is 97.1 Å². The summed E-state index contributed by atoms with van der Waals surface area (Å²) in [5.41, 5.74) is 0.914. The Morgan fingerprint density at radius 3 is 2.46 bits per heavy atom. The standard InChI is InChI=1S/C30H25N3O4/c1-30(23-15-9-13-20-10-5-6-14-22(20)23)28(35)32(29(36)31-30)18-27(34)33-24-16-7-8-17-26(24)37-19-25(33)21-11-3-2-4-12-21/h2-17,25H,18-19H2,1H3,(H,31,36)/t25-,30+/m1/s1. The lowest BCUT2D eigenvalue weighted by atomic mass is 9.88. The van der Waals surface area contributed by atoms with Gasteiger partial charge in [-0.3, -0.25) is 19.4 Å². The number of fused-ring (bicyclic) bond motifs is 2. The summed E-state index contributed by atoms with van der Waals surface area (Å²) >= 11 is 0. The predicted octanol–water partition coefficient (Wildman–Crippen LogP) is 4.77. The minimum Gasteiger partial charge on any atom is -0.489 e. The lowest BCUT2D eigenvalue weighted by Crippen LogP contribution is -2.48. The van der Waals surface area contributed by atoms with E-state index in [1.165, 1.54) is 0 Å². The smallest absolute Gasteiger partial charge is 0.325 e. The van der Waals surface area contributed by atoms with Crippen molar-refractivity contribution < 1.29 is 19.1 Å². The van der Waals surface area contributed by atoms with Gasteiger partial charge >= 0.3 is 6.03 Å². The first kappa shape index (κ1) is 22.8. The van der Waals surface area contributed by atoms with Crippen LogP contribution in [-0.4, -0.2) is 35.9 Å². The van der Waals surface area contributed by atoms with Crippen molar-refractivity contribution in [3.63, 3.8) is 0 Å². The van der Waals surface area contributed by atoms with Crippen LogP contribution >= 0.6 is 0 Å². The minimum absolute atomic E-state index is 0.265. The van der Waals surface area contributed by atoms with E-state index in [9.17, 15) is 14.4 Å². The lowest BCUT2D eigenvalue weighted by Gasteiger charge is -2.37. The number of hydrogen-bond donors (Lipinski definition) is 1. The molecule has 4 amide bonds. The van der Waals surface area contributed by atoms with Crippen molar-refractivity contribution in [2.45, 2.75) is 18.5 Å².